The number of amides is 1. The average Bonchev–Trinajstić information content (AvgIpc) is 2.60. The molecule has 0 aliphatic heterocycles. The van der Waals surface area contributed by atoms with Crippen LogP contribution in [0.5, 0.6) is 0 Å². The summed E-state index contributed by atoms with van der Waals surface area (Å²) in [5.41, 5.74) is 4.00. The number of hydrogen-bond acceptors (Lipinski definition) is 3. The highest BCUT2D eigenvalue weighted by Gasteiger charge is 2.28. The van der Waals surface area contributed by atoms with Crippen molar-refractivity contribution in [2.75, 3.05) is 7.11 Å². The molecular weight excluding hydrogens is 425 g/mol. The topological polar surface area (TPSA) is 58.6 Å². The van der Waals surface area contributed by atoms with Crippen LogP contribution in [0.1, 0.15) is 29.0 Å². The van der Waals surface area contributed by atoms with Gasteiger partial charge < -0.3 is 4.74 Å². The lowest BCUT2D eigenvalue weighted by molar-refractivity contribution is -0.132. The van der Waals surface area contributed by atoms with Crippen molar-refractivity contribution in [1.82, 2.24) is 5.48 Å². The van der Waals surface area contributed by atoms with Crippen molar-refractivity contribution in [2.45, 2.75) is 31.8 Å². The summed E-state index contributed by atoms with van der Waals surface area (Å²) >= 11 is 9.27. The molecule has 2 aromatic carbocycles. The van der Waals surface area contributed by atoms with Crippen molar-refractivity contribution in [3.05, 3.63) is 68.4 Å². The van der Waals surface area contributed by atoms with Gasteiger partial charge in [-0.1, -0.05) is 39.7 Å². The lowest BCUT2D eigenvalue weighted by atomic mass is 9.84. The molecule has 0 saturated carbocycles. The number of ether oxygens (including phenoxy) is 1. The fourth-order valence-corrected chi connectivity index (χ4v) is 3.55. The summed E-state index contributed by atoms with van der Waals surface area (Å²) in [7, 11) is 1.47. The van der Waals surface area contributed by atoms with Crippen LogP contribution in [0.2, 0.25) is 5.02 Å². The summed E-state index contributed by atoms with van der Waals surface area (Å²) in [6.07, 6.45) is -0.258. The van der Waals surface area contributed by atoms with Gasteiger partial charge in [-0.15, -0.1) is 0 Å². The Morgan fingerprint density at radius 3 is 2.65 bits per heavy atom. The van der Waals surface area contributed by atoms with Crippen LogP contribution in [0.15, 0.2) is 40.9 Å². The molecule has 0 heterocycles. The predicted molar refractivity (Wildman–Crippen MR) is 102 cm³/mol. The van der Waals surface area contributed by atoms with Gasteiger partial charge in [-0.3, -0.25) is 10.0 Å². The molecule has 1 amide bonds. The van der Waals surface area contributed by atoms with Crippen LogP contribution < -0.4 is 5.48 Å². The second kappa shape index (κ2) is 9.46. The van der Waals surface area contributed by atoms with E-state index in [9.17, 15) is 9.18 Å². The largest absolute Gasteiger partial charge is 0.380 e. The Kier molecular flexibility index (Phi) is 7.58. The van der Waals surface area contributed by atoms with E-state index < -0.39 is 17.9 Å². The van der Waals surface area contributed by atoms with Gasteiger partial charge in [0.2, 0.25) is 5.91 Å². The molecule has 0 radical (unpaired) electrons. The second-order valence-electron chi connectivity index (χ2n) is 6.06. The Morgan fingerprint density at radius 2 is 2.08 bits per heavy atom. The first kappa shape index (κ1) is 20.8. The van der Waals surface area contributed by atoms with Crippen molar-refractivity contribution in [3.63, 3.8) is 0 Å². The monoisotopic (exact) mass is 443 g/mol. The molecule has 2 N–H and O–H groups in total. The number of nitrogens with one attached hydrogen (secondary N) is 1. The molecular formula is C19H20BrClFNO3. The van der Waals surface area contributed by atoms with Crippen molar-refractivity contribution in [2.24, 2.45) is 0 Å². The Bertz CT molecular complexity index is 787. The Morgan fingerprint density at radius 1 is 1.35 bits per heavy atom. The number of aryl methyl sites for hydroxylation is 1. The predicted octanol–water partition coefficient (Wildman–Crippen LogP) is 4.79. The highest BCUT2D eigenvalue weighted by molar-refractivity contribution is 9.10. The molecule has 0 saturated heterocycles. The molecule has 2 aromatic rings. The van der Waals surface area contributed by atoms with Gasteiger partial charge in [-0.25, -0.2) is 9.87 Å². The molecule has 4 nitrogen and oxygen atoms in total. The number of carbonyl (C=O) groups is 1. The lowest BCUT2D eigenvalue weighted by Gasteiger charge is -2.27. The number of benzene rings is 2. The van der Waals surface area contributed by atoms with Crippen molar-refractivity contribution >= 4 is 33.4 Å². The van der Waals surface area contributed by atoms with Crippen LogP contribution in [0.3, 0.4) is 0 Å². The molecule has 2 rings (SSSR count). The number of carbonyl (C=O) groups excluding carboxylic acids is 1. The van der Waals surface area contributed by atoms with E-state index >= 15 is 0 Å². The SMILES string of the molecule is COC(CC(=O)NO)C(Cc1ccc(Cl)cc1C)c1ccc(Br)cc1F. The maximum atomic E-state index is 14.6. The zero-order valence-electron chi connectivity index (χ0n) is 14.4. The Labute approximate surface area is 165 Å². The Hall–Kier alpha value is -1.47. The van der Waals surface area contributed by atoms with Gasteiger partial charge in [0.15, 0.2) is 0 Å². The van der Waals surface area contributed by atoms with E-state index in [1.54, 1.807) is 23.7 Å². The third-order valence-corrected chi connectivity index (χ3v) is 5.10. The number of methoxy groups -OCH3 is 1. The summed E-state index contributed by atoms with van der Waals surface area (Å²) in [6.45, 7) is 1.93. The molecule has 26 heavy (non-hydrogen) atoms. The fourth-order valence-electron chi connectivity index (χ4n) is 2.99. The zero-order chi connectivity index (χ0) is 19.3. The normalized spacial score (nSPS) is 13.3. The third kappa shape index (κ3) is 5.27. The lowest BCUT2D eigenvalue weighted by Crippen LogP contribution is -2.31. The third-order valence-electron chi connectivity index (χ3n) is 4.37. The second-order valence-corrected chi connectivity index (χ2v) is 7.41. The van der Waals surface area contributed by atoms with Gasteiger partial charge in [0, 0.05) is 22.5 Å². The van der Waals surface area contributed by atoms with Crippen LogP contribution in [0.25, 0.3) is 0 Å². The summed E-state index contributed by atoms with van der Waals surface area (Å²) in [4.78, 5) is 11.7. The van der Waals surface area contributed by atoms with E-state index in [4.69, 9.17) is 21.5 Å². The summed E-state index contributed by atoms with van der Waals surface area (Å²) in [6, 6.07) is 10.3. The molecule has 0 bridgehead atoms. The van der Waals surface area contributed by atoms with Gasteiger partial charge in [-0.05, 0) is 54.3 Å². The highest BCUT2D eigenvalue weighted by atomic mass is 79.9. The molecule has 2 atom stereocenters. The average molecular weight is 445 g/mol. The summed E-state index contributed by atoms with van der Waals surface area (Å²) in [5, 5.41) is 9.46. The first-order valence-electron chi connectivity index (χ1n) is 8.01. The van der Waals surface area contributed by atoms with Crippen LogP contribution in [-0.2, 0) is 16.0 Å². The Balaban J connectivity index is 2.44. The number of hydroxylamine groups is 1. The van der Waals surface area contributed by atoms with Crippen LogP contribution in [0, 0.1) is 12.7 Å². The van der Waals surface area contributed by atoms with Crippen LogP contribution >= 0.6 is 27.5 Å². The number of rotatable bonds is 7. The zero-order valence-corrected chi connectivity index (χ0v) is 16.8. The molecule has 0 aliphatic rings. The minimum Gasteiger partial charge on any atom is -0.380 e. The van der Waals surface area contributed by atoms with Crippen LogP contribution in [-0.4, -0.2) is 24.3 Å². The van der Waals surface area contributed by atoms with Gasteiger partial charge in [-0.2, -0.15) is 0 Å². The minimum atomic E-state index is -0.618. The van der Waals surface area contributed by atoms with Gasteiger partial charge in [0.1, 0.15) is 5.82 Å². The van der Waals surface area contributed by atoms with E-state index in [2.05, 4.69) is 15.9 Å². The van der Waals surface area contributed by atoms with Crippen LogP contribution in [0.4, 0.5) is 4.39 Å². The molecule has 0 fully saturated rings. The maximum absolute atomic E-state index is 14.6. The molecule has 140 valence electrons. The van der Waals surface area contributed by atoms with E-state index in [1.165, 1.54) is 13.2 Å². The van der Waals surface area contributed by atoms with E-state index in [0.29, 0.717) is 21.5 Å². The van der Waals surface area contributed by atoms with Gasteiger partial charge in [0.05, 0.1) is 12.5 Å². The smallest absolute Gasteiger partial charge is 0.245 e. The summed E-state index contributed by atoms with van der Waals surface area (Å²) in [5.74, 6) is -1.40. The number of hydrogen-bond donors (Lipinski definition) is 2. The van der Waals surface area contributed by atoms with E-state index in [1.807, 2.05) is 19.1 Å². The van der Waals surface area contributed by atoms with E-state index in [-0.39, 0.29) is 12.2 Å². The molecule has 0 aromatic heterocycles. The fraction of sp³-hybridized carbons (Fsp3) is 0.316. The van der Waals surface area contributed by atoms with Crippen molar-refractivity contribution in [3.8, 4) is 0 Å². The first-order valence-corrected chi connectivity index (χ1v) is 9.18. The maximum Gasteiger partial charge on any atom is 0.245 e. The van der Waals surface area contributed by atoms with Gasteiger partial charge in [0.25, 0.3) is 0 Å². The quantitative estimate of drug-likeness (QED) is 0.477. The van der Waals surface area contributed by atoms with Crippen molar-refractivity contribution in [1.29, 1.82) is 0 Å². The van der Waals surface area contributed by atoms with E-state index in [0.717, 1.165) is 11.1 Å². The molecule has 0 aliphatic carbocycles. The minimum absolute atomic E-state index is 0.0974. The summed E-state index contributed by atoms with van der Waals surface area (Å²) < 4.78 is 20.7. The molecule has 7 heteroatoms. The molecule has 0 spiro atoms. The molecule has 2 unspecified atom stereocenters. The highest BCUT2D eigenvalue weighted by Crippen LogP contribution is 2.32. The van der Waals surface area contributed by atoms with Gasteiger partial charge >= 0.3 is 0 Å². The standard InChI is InChI=1S/C19H20BrClFNO3/c1-11-7-14(21)5-3-12(11)8-16(18(26-2)10-19(24)23-25)15-6-4-13(20)9-17(15)22/h3-7,9,16,18,25H,8,10H2,1-2H3,(H,23,24). The number of halogens is 3. The van der Waals surface area contributed by atoms with Crippen molar-refractivity contribution < 1.29 is 19.1 Å². The first-order chi connectivity index (χ1) is 12.3.